The molecule has 3 fully saturated rings. The third-order valence-electron chi connectivity index (χ3n) is 6.85. The monoisotopic (exact) mass is 436 g/mol. The molecule has 0 saturated carbocycles. The molecule has 0 N–H and O–H groups in total. The molecule has 5 rings (SSSR count). The van der Waals surface area contributed by atoms with Crippen LogP contribution in [0.2, 0.25) is 0 Å². The highest BCUT2D eigenvalue weighted by Gasteiger charge is 2.31. The van der Waals surface area contributed by atoms with Gasteiger partial charge in [-0.2, -0.15) is 0 Å². The van der Waals surface area contributed by atoms with Crippen molar-refractivity contribution in [3.8, 4) is 0 Å². The number of carbonyl (C=O) groups is 1. The van der Waals surface area contributed by atoms with Crippen LogP contribution in [0.1, 0.15) is 12.8 Å². The number of amides is 1. The van der Waals surface area contributed by atoms with Gasteiger partial charge in [0.2, 0.25) is 5.91 Å². The zero-order valence-corrected chi connectivity index (χ0v) is 18.6. The summed E-state index contributed by atoms with van der Waals surface area (Å²) in [4.78, 5) is 22.0. The lowest BCUT2D eigenvalue weighted by Gasteiger charge is -2.39. The Morgan fingerprint density at radius 2 is 1.31 bits per heavy atom. The van der Waals surface area contributed by atoms with Gasteiger partial charge < -0.3 is 24.3 Å². The second kappa shape index (κ2) is 9.73. The molecular weight excluding hydrogens is 404 g/mol. The summed E-state index contributed by atoms with van der Waals surface area (Å²) in [6, 6.07) is 14.6. The van der Waals surface area contributed by atoms with Crippen LogP contribution >= 0.6 is 0 Å². The van der Waals surface area contributed by atoms with E-state index in [9.17, 15) is 4.79 Å². The van der Waals surface area contributed by atoms with E-state index in [0.717, 1.165) is 90.0 Å². The molecular formula is C24H32N6O2. The van der Waals surface area contributed by atoms with Crippen LogP contribution in [0.25, 0.3) is 0 Å². The lowest BCUT2D eigenvalue weighted by atomic mass is 9.95. The van der Waals surface area contributed by atoms with Gasteiger partial charge in [-0.1, -0.05) is 18.2 Å². The molecule has 0 unspecified atom stereocenters. The third kappa shape index (κ3) is 4.65. The average Bonchev–Trinajstić information content (AvgIpc) is 2.90. The molecule has 3 aliphatic heterocycles. The van der Waals surface area contributed by atoms with E-state index in [1.54, 1.807) is 0 Å². The van der Waals surface area contributed by atoms with E-state index in [-0.39, 0.29) is 5.92 Å². The van der Waals surface area contributed by atoms with Gasteiger partial charge in [0, 0.05) is 64.0 Å². The Labute approximate surface area is 189 Å². The number of anilines is 3. The Morgan fingerprint density at radius 1 is 0.719 bits per heavy atom. The molecule has 8 heteroatoms. The van der Waals surface area contributed by atoms with E-state index in [0.29, 0.717) is 5.91 Å². The quantitative estimate of drug-likeness (QED) is 0.725. The minimum Gasteiger partial charge on any atom is -0.378 e. The summed E-state index contributed by atoms with van der Waals surface area (Å²) < 4.78 is 5.41. The van der Waals surface area contributed by atoms with Gasteiger partial charge >= 0.3 is 0 Å². The predicted molar refractivity (Wildman–Crippen MR) is 125 cm³/mol. The summed E-state index contributed by atoms with van der Waals surface area (Å²) in [5.41, 5.74) is 1.24. The molecule has 3 saturated heterocycles. The van der Waals surface area contributed by atoms with Crippen molar-refractivity contribution in [2.75, 3.05) is 80.3 Å². The smallest absolute Gasteiger partial charge is 0.225 e. The highest BCUT2D eigenvalue weighted by Crippen LogP contribution is 2.25. The van der Waals surface area contributed by atoms with Crippen LogP contribution in [0.15, 0.2) is 42.5 Å². The number of ether oxygens (including phenoxy) is 1. The molecule has 1 amide bonds. The van der Waals surface area contributed by atoms with Crippen molar-refractivity contribution in [1.29, 1.82) is 0 Å². The maximum atomic E-state index is 13.1. The fraction of sp³-hybridized carbons (Fsp3) is 0.542. The fourth-order valence-corrected chi connectivity index (χ4v) is 4.89. The Kier molecular flexibility index (Phi) is 6.39. The van der Waals surface area contributed by atoms with Gasteiger partial charge in [0.1, 0.15) is 0 Å². The number of carbonyl (C=O) groups excluding carboxylic acids is 1. The molecule has 170 valence electrons. The highest BCUT2D eigenvalue weighted by molar-refractivity contribution is 5.79. The van der Waals surface area contributed by atoms with Crippen molar-refractivity contribution in [1.82, 2.24) is 15.1 Å². The molecule has 0 spiro atoms. The summed E-state index contributed by atoms with van der Waals surface area (Å²) in [5, 5.41) is 8.90. The van der Waals surface area contributed by atoms with Crippen LogP contribution in [0.3, 0.4) is 0 Å². The van der Waals surface area contributed by atoms with Crippen LogP contribution in [0.5, 0.6) is 0 Å². The summed E-state index contributed by atoms with van der Waals surface area (Å²) in [5.74, 6) is 2.27. The first-order chi connectivity index (χ1) is 15.8. The first-order valence-electron chi connectivity index (χ1n) is 11.8. The van der Waals surface area contributed by atoms with Gasteiger partial charge in [0.05, 0.1) is 13.2 Å². The first-order valence-corrected chi connectivity index (χ1v) is 11.8. The number of rotatable bonds is 4. The standard InChI is InChI=1S/C24H32N6O2/c31-24(30-14-12-27(13-15-30)21-4-2-1-3-5-21)20-8-10-28(11-9-20)22-6-7-23(26-25-22)29-16-18-32-19-17-29/h1-7,20H,8-19H2. The van der Waals surface area contributed by atoms with Crippen LogP contribution in [0, 0.1) is 5.92 Å². The Bertz CT molecular complexity index is 871. The average molecular weight is 437 g/mol. The van der Waals surface area contributed by atoms with Gasteiger partial charge in [-0.25, -0.2) is 0 Å². The number of nitrogens with zero attached hydrogens (tertiary/aromatic N) is 6. The Morgan fingerprint density at radius 3 is 1.91 bits per heavy atom. The number of benzene rings is 1. The lowest BCUT2D eigenvalue weighted by Crippen LogP contribution is -2.51. The second-order valence-corrected chi connectivity index (χ2v) is 8.76. The van der Waals surface area contributed by atoms with Gasteiger partial charge in [-0.15, -0.1) is 10.2 Å². The maximum absolute atomic E-state index is 13.1. The van der Waals surface area contributed by atoms with E-state index < -0.39 is 0 Å². The first kappa shape index (κ1) is 21.0. The topological polar surface area (TPSA) is 65.0 Å². The summed E-state index contributed by atoms with van der Waals surface area (Å²) in [6.07, 6.45) is 1.76. The van der Waals surface area contributed by atoms with Gasteiger partial charge in [0.15, 0.2) is 11.6 Å². The van der Waals surface area contributed by atoms with Crippen molar-refractivity contribution in [2.45, 2.75) is 12.8 Å². The number of para-hydroxylation sites is 1. The number of hydrogen-bond acceptors (Lipinski definition) is 7. The molecule has 0 aliphatic carbocycles. The molecule has 1 aromatic heterocycles. The summed E-state index contributed by atoms with van der Waals surface area (Å²) in [6.45, 7) is 8.34. The van der Waals surface area contributed by atoms with Crippen LogP contribution in [0.4, 0.5) is 17.3 Å². The van der Waals surface area contributed by atoms with E-state index in [4.69, 9.17) is 4.74 Å². The number of piperazine rings is 1. The largest absolute Gasteiger partial charge is 0.378 e. The van der Waals surface area contributed by atoms with Crippen LogP contribution < -0.4 is 14.7 Å². The number of aromatic nitrogens is 2. The summed E-state index contributed by atoms with van der Waals surface area (Å²) >= 11 is 0. The van der Waals surface area contributed by atoms with Gasteiger partial charge in [-0.05, 0) is 37.1 Å². The molecule has 0 bridgehead atoms. The molecule has 2 aromatic rings. The molecule has 4 heterocycles. The Balaban J connectivity index is 1.10. The number of morpholine rings is 1. The van der Waals surface area contributed by atoms with Crippen molar-refractivity contribution >= 4 is 23.2 Å². The second-order valence-electron chi connectivity index (χ2n) is 8.76. The molecule has 32 heavy (non-hydrogen) atoms. The molecule has 1 aromatic carbocycles. The summed E-state index contributed by atoms with van der Waals surface area (Å²) in [7, 11) is 0. The molecule has 0 radical (unpaired) electrons. The van der Waals surface area contributed by atoms with E-state index in [1.165, 1.54) is 5.69 Å². The number of hydrogen-bond donors (Lipinski definition) is 0. The van der Waals surface area contributed by atoms with Gasteiger partial charge in [-0.3, -0.25) is 4.79 Å². The third-order valence-corrected chi connectivity index (χ3v) is 6.85. The van der Waals surface area contributed by atoms with Crippen molar-refractivity contribution in [3.63, 3.8) is 0 Å². The number of piperidine rings is 1. The van der Waals surface area contributed by atoms with Gasteiger partial charge in [0.25, 0.3) is 0 Å². The predicted octanol–water partition coefficient (Wildman–Crippen LogP) is 1.88. The fourth-order valence-electron chi connectivity index (χ4n) is 4.89. The van der Waals surface area contributed by atoms with E-state index in [1.807, 2.05) is 6.07 Å². The van der Waals surface area contributed by atoms with Crippen molar-refractivity contribution in [3.05, 3.63) is 42.5 Å². The van der Waals surface area contributed by atoms with Crippen molar-refractivity contribution in [2.24, 2.45) is 5.92 Å². The zero-order chi connectivity index (χ0) is 21.8. The van der Waals surface area contributed by atoms with E-state index in [2.05, 4.69) is 66.2 Å². The zero-order valence-electron chi connectivity index (χ0n) is 18.6. The SMILES string of the molecule is O=C(C1CCN(c2ccc(N3CCOCC3)nn2)CC1)N1CCN(c2ccccc2)CC1. The van der Waals surface area contributed by atoms with Crippen LogP contribution in [-0.4, -0.2) is 86.6 Å². The molecule has 8 nitrogen and oxygen atoms in total. The Hall–Kier alpha value is -2.87. The highest BCUT2D eigenvalue weighted by atomic mass is 16.5. The van der Waals surface area contributed by atoms with Crippen LogP contribution in [-0.2, 0) is 9.53 Å². The van der Waals surface area contributed by atoms with E-state index >= 15 is 0 Å². The molecule has 0 atom stereocenters. The van der Waals surface area contributed by atoms with Crippen molar-refractivity contribution < 1.29 is 9.53 Å². The lowest BCUT2D eigenvalue weighted by molar-refractivity contribution is -0.136. The normalized spacial score (nSPS) is 20.5. The minimum absolute atomic E-state index is 0.120. The minimum atomic E-state index is 0.120. The molecule has 3 aliphatic rings. The maximum Gasteiger partial charge on any atom is 0.225 e.